The molecule has 1 unspecified atom stereocenters. The third kappa shape index (κ3) is 6.99. The summed E-state index contributed by atoms with van der Waals surface area (Å²) in [4.78, 5) is 24.5. The summed E-state index contributed by atoms with van der Waals surface area (Å²) in [7, 11) is 1.55. The molecule has 0 radical (unpaired) electrons. The Hall–Kier alpha value is -3.07. The summed E-state index contributed by atoms with van der Waals surface area (Å²) >= 11 is 3.46. The van der Waals surface area contributed by atoms with E-state index < -0.39 is 11.9 Å². The molecule has 0 aromatic heterocycles. The summed E-state index contributed by atoms with van der Waals surface area (Å²) in [5.41, 5.74) is 3.55. The normalized spacial score (nSPS) is 11.6. The van der Waals surface area contributed by atoms with Crippen LogP contribution < -0.4 is 25.0 Å². The van der Waals surface area contributed by atoms with Crippen LogP contribution in [0.2, 0.25) is 0 Å². The van der Waals surface area contributed by atoms with Crippen LogP contribution in [0.5, 0.6) is 17.2 Å². The Labute approximate surface area is 190 Å². The van der Waals surface area contributed by atoms with Gasteiger partial charge in [0.1, 0.15) is 11.8 Å². The molecule has 8 nitrogen and oxygen atoms in total. The second-order valence-corrected chi connectivity index (χ2v) is 7.21. The Morgan fingerprint density at radius 3 is 2.42 bits per heavy atom. The zero-order valence-corrected chi connectivity index (χ0v) is 19.5. The van der Waals surface area contributed by atoms with E-state index in [0.29, 0.717) is 46.1 Å². The first-order valence-electron chi connectivity index (χ1n) is 9.76. The van der Waals surface area contributed by atoms with Gasteiger partial charge in [0.2, 0.25) is 0 Å². The molecule has 1 atom stereocenters. The lowest BCUT2D eigenvalue weighted by Gasteiger charge is -2.14. The van der Waals surface area contributed by atoms with E-state index >= 15 is 0 Å². The number of nitrogens with zero attached hydrogens (tertiary/aromatic N) is 1. The Kier molecular flexibility index (Phi) is 9.33. The van der Waals surface area contributed by atoms with Crippen LogP contribution in [0.3, 0.4) is 0 Å². The van der Waals surface area contributed by atoms with Crippen LogP contribution in [-0.4, -0.2) is 44.4 Å². The van der Waals surface area contributed by atoms with Crippen LogP contribution in [0.15, 0.2) is 46.0 Å². The van der Waals surface area contributed by atoms with E-state index in [2.05, 4.69) is 31.8 Å². The van der Waals surface area contributed by atoms with Crippen molar-refractivity contribution in [1.29, 1.82) is 0 Å². The molecule has 2 amide bonds. The Morgan fingerprint density at radius 1 is 1.13 bits per heavy atom. The molecule has 0 saturated heterocycles. The number of halogens is 1. The summed E-state index contributed by atoms with van der Waals surface area (Å²) in [6.07, 6.45) is 1.49. The molecule has 0 fully saturated rings. The van der Waals surface area contributed by atoms with Gasteiger partial charge < -0.3 is 19.5 Å². The molecule has 2 aromatic rings. The predicted octanol–water partition coefficient (Wildman–Crippen LogP) is 3.52. The minimum absolute atomic E-state index is 0.369. The van der Waals surface area contributed by atoms with Crippen LogP contribution in [0, 0.1) is 0 Å². The van der Waals surface area contributed by atoms with Gasteiger partial charge in [-0.2, -0.15) is 5.10 Å². The molecular formula is C22H26BrN3O5. The number of hydrazone groups is 1. The second kappa shape index (κ2) is 11.9. The highest BCUT2D eigenvalue weighted by Gasteiger charge is 2.16. The van der Waals surface area contributed by atoms with Crippen molar-refractivity contribution in [3.8, 4) is 17.2 Å². The number of methoxy groups -OCH3 is 1. The van der Waals surface area contributed by atoms with E-state index in [4.69, 9.17) is 14.2 Å². The number of nitrogens with one attached hydrogen (secondary N) is 2. The molecular weight excluding hydrogens is 466 g/mol. The third-order valence-corrected chi connectivity index (χ3v) is 4.69. The van der Waals surface area contributed by atoms with Gasteiger partial charge in [-0.1, -0.05) is 0 Å². The second-order valence-electron chi connectivity index (χ2n) is 6.35. The summed E-state index contributed by atoms with van der Waals surface area (Å²) in [5, 5.41) is 6.60. The van der Waals surface area contributed by atoms with Gasteiger partial charge in [-0.25, -0.2) is 5.43 Å². The van der Waals surface area contributed by atoms with Crippen molar-refractivity contribution >= 4 is 34.0 Å². The molecule has 31 heavy (non-hydrogen) atoms. The van der Waals surface area contributed by atoms with Gasteiger partial charge in [0, 0.05) is 5.56 Å². The monoisotopic (exact) mass is 491 g/mol. The molecule has 0 aliphatic carbocycles. The molecule has 2 aromatic carbocycles. The van der Waals surface area contributed by atoms with E-state index in [1.165, 1.54) is 6.21 Å². The van der Waals surface area contributed by atoms with Crippen molar-refractivity contribution in [2.45, 2.75) is 26.8 Å². The van der Waals surface area contributed by atoms with Crippen LogP contribution in [-0.2, 0) is 4.79 Å². The highest BCUT2D eigenvalue weighted by Crippen LogP contribution is 2.36. The number of carbonyl (C=O) groups is 2. The number of amides is 2. The van der Waals surface area contributed by atoms with Gasteiger partial charge in [0.25, 0.3) is 11.8 Å². The molecule has 0 aliphatic rings. The molecule has 0 spiro atoms. The zero-order valence-electron chi connectivity index (χ0n) is 17.9. The van der Waals surface area contributed by atoms with E-state index in [-0.39, 0.29) is 5.91 Å². The lowest BCUT2D eigenvalue weighted by molar-refractivity contribution is -0.122. The van der Waals surface area contributed by atoms with Gasteiger partial charge in [0.15, 0.2) is 11.5 Å². The zero-order chi connectivity index (χ0) is 22.8. The number of hydrogen-bond donors (Lipinski definition) is 2. The summed E-state index contributed by atoms with van der Waals surface area (Å²) in [6, 6.07) is 9.39. The van der Waals surface area contributed by atoms with Gasteiger partial charge in [-0.3, -0.25) is 9.59 Å². The first kappa shape index (κ1) is 24.2. The first-order chi connectivity index (χ1) is 14.9. The lowest BCUT2D eigenvalue weighted by atomic mass is 10.2. The van der Waals surface area contributed by atoms with Gasteiger partial charge in [-0.05, 0) is 78.7 Å². The third-order valence-electron chi connectivity index (χ3n) is 4.10. The smallest absolute Gasteiger partial charge is 0.262 e. The van der Waals surface area contributed by atoms with E-state index in [1.54, 1.807) is 50.4 Å². The Bertz CT molecular complexity index is 931. The van der Waals surface area contributed by atoms with Crippen molar-refractivity contribution in [3.05, 3.63) is 52.0 Å². The fourth-order valence-electron chi connectivity index (χ4n) is 2.56. The first-order valence-corrected chi connectivity index (χ1v) is 10.6. The van der Waals surface area contributed by atoms with E-state index in [0.717, 1.165) is 0 Å². The standard InChI is InChI=1S/C22H26BrN3O5/c1-5-30-19-12-15(11-18(23)20(19)31-6-2)13-24-26-21(27)14(3)25-22(28)16-7-9-17(29-4)10-8-16/h7-14H,5-6H2,1-4H3,(H,25,28)(H,26,27). The SMILES string of the molecule is CCOc1cc(C=NNC(=O)C(C)NC(=O)c2ccc(OC)cc2)cc(Br)c1OCC. The summed E-state index contributed by atoms with van der Waals surface area (Å²) in [6.45, 7) is 6.33. The molecule has 0 heterocycles. The highest BCUT2D eigenvalue weighted by molar-refractivity contribution is 9.10. The lowest BCUT2D eigenvalue weighted by Crippen LogP contribution is -2.43. The molecule has 2 rings (SSSR count). The van der Waals surface area contributed by atoms with Crippen LogP contribution in [0.4, 0.5) is 0 Å². The van der Waals surface area contributed by atoms with Crippen molar-refractivity contribution in [3.63, 3.8) is 0 Å². The quantitative estimate of drug-likeness (QED) is 0.391. The molecule has 0 saturated carbocycles. The maximum atomic E-state index is 12.3. The largest absolute Gasteiger partial charge is 0.497 e. The van der Waals surface area contributed by atoms with E-state index in [1.807, 2.05) is 13.8 Å². The van der Waals surface area contributed by atoms with Crippen molar-refractivity contribution < 1.29 is 23.8 Å². The highest BCUT2D eigenvalue weighted by atomic mass is 79.9. The Morgan fingerprint density at radius 2 is 1.81 bits per heavy atom. The minimum atomic E-state index is -0.780. The number of hydrogen-bond acceptors (Lipinski definition) is 6. The van der Waals surface area contributed by atoms with Crippen molar-refractivity contribution in [2.75, 3.05) is 20.3 Å². The fourth-order valence-corrected chi connectivity index (χ4v) is 3.14. The summed E-state index contributed by atoms with van der Waals surface area (Å²) in [5.74, 6) is 1.01. The minimum Gasteiger partial charge on any atom is -0.497 e. The van der Waals surface area contributed by atoms with Gasteiger partial charge in [0.05, 0.1) is 31.0 Å². The molecule has 2 N–H and O–H groups in total. The Balaban J connectivity index is 1.98. The fraction of sp³-hybridized carbons (Fsp3) is 0.318. The summed E-state index contributed by atoms with van der Waals surface area (Å²) < 4.78 is 17.0. The molecule has 166 valence electrons. The number of rotatable bonds is 10. The molecule has 0 bridgehead atoms. The van der Waals surface area contributed by atoms with E-state index in [9.17, 15) is 9.59 Å². The predicted molar refractivity (Wildman–Crippen MR) is 122 cm³/mol. The van der Waals surface area contributed by atoms with Crippen LogP contribution in [0.25, 0.3) is 0 Å². The number of benzene rings is 2. The topological polar surface area (TPSA) is 98.2 Å². The molecule has 0 aliphatic heterocycles. The van der Waals surface area contributed by atoms with Crippen LogP contribution >= 0.6 is 15.9 Å². The van der Waals surface area contributed by atoms with Gasteiger partial charge >= 0.3 is 0 Å². The van der Waals surface area contributed by atoms with Gasteiger partial charge in [-0.15, -0.1) is 0 Å². The maximum absolute atomic E-state index is 12.3. The number of ether oxygens (including phenoxy) is 3. The average molecular weight is 492 g/mol. The average Bonchev–Trinajstić information content (AvgIpc) is 2.76. The van der Waals surface area contributed by atoms with Crippen LogP contribution in [0.1, 0.15) is 36.7 Å². The molecule has 9 heteroatoms. The maximum Gasteiger partial charge on any atom is 0.262 e. The van der Waals surface area contributed by atoms with Crippen molar-refractivity contribution in [1.82, 2.24) is 10.7 Å². The van der Waals surface area contributed by atoms with Crippen molar-refractivity contribution in [2.24, 2.45) is 5.10 Å². The number of carbonyl (C=O) groups excluding carboxylic acids is 2.